The Morgan fingerprint density at radius 1 is 1.45 bits per heavy atom. The maximum atomic E-state index is 12.3. The van der Waals surface area contributed by atoms with Crippen molar-refractivity contribution < 1.29 is 0 Å². The van der Waals surface area contributed by atoms with Crippen LogP contribution in [0.15, 0.2) is 15.5 Å². The smallest absolute Gasteiger partial charge is 0.283 e. The molecule has 6 heteroatoms. The van der Waals surface area contributed by atoms with Crippen molar-refractivity contribution >= 4 is 21.6 Å². The number of hydrogen-bond donors (Lipinski definition) is 2. The Balaban J connectivity index is 1.82. The van der Waals surface area contributed by atoms with Crippen LogP contribution in [0.4, 0.5) is 5.69 Å². The van der Waals surface area contributed by atoms with E-state index in [0.717, 1.165) is 25.1 Å². The molecule has 0 aromatic carbocycles. The molecule has 2 saturated carbocycles. The Morgan fingerprint density at radius 3 is 2.75 bits per heavy atom. The molecule has 1 aromatic heterocycles. The number of nitrogens with zero attached hydrogens (tertiary/aromatic N) is 2. The number of halogens is 1. The number of aromatic nitrogens is 2. The fourth-order valence-electron chi connectivity index (χ4n) is 2.94. The molecule has 2 aliphatic rings. The molecule has 0 radical (unpaired) electrons. The predicted molar refractivity (Wildman–Crippen MR) is 82.8 cm³/mol. The highest BCUT2D eigenvalue weighted by Gasteiger charge is 2.33. The maximum absolute atomic E-state index is 12.3. The highest BCUT2D eigenvalue weighted by molar-refractivity contribution is 9.10. The molecule has 2 aliphatic carbocycles. The van der Waals surface area contributed by atoms with E-state index in [1.54, 1.807) is 10.9 Å². The van der Waals surface area contributed by atoms with Gasteiger partial charge < -0.3 is 11.1 Å². The fourth-order valence-corrected chi connectivity index (χ4v) is 3.35. The lowest BCUT2D eigenvalue weighted by molar-refractivity contribution is 0.489. The van der Waals surface area contributed by atoms with Gasteiger partial charge in [0.05, 0.1) is 11.9 Å². The van der Waals surface area contributed by atoms with Gasteiger partial charge in [-0.25, -0.2) is 4.68 Å². The summed E-state index contributed by atoms with van der Waals surface area (Å²) >= 11 is 3.43. The minimum atomic E-state index is -0.0701. The molecule has 20 heavy (non-hydrogen) atoms. The van der Waals surface area contributed by atoms with E-state index in [2.05, 4.69) is 26.3 Å². The average Bonchev–Trinajstić information content (AvgIpc) is 3.15. The van der Waals surface area contributed by atoms with Crippen LogP contribution in [-0.4, -0.2) is 21.9 Å². The molecule has 110 valence electrons. The summed E-state index contributed by atoms with van der Waals surface area (Å²) in [6.45, 7) is 1.32. The van der Waals surface area contributed by atoms with Gasteiger partial charge in [0.15, 0.2) is 0 Å². The predicted octanol–water partition coefficient (Wildman–Crippen LogP) is 2.10. The van der Waals surface area contributed by atoms with Crippen molar-refractivity contribution in [2.45, 2.75) is 50.6 Å². The third-order valence-corrected chi connectivity index (χ3v) is 5.23. The first-order valence-corrected chi connectivity index (χ1v) is 8.17. The fraction of sp³-hybridized carbons (Fsp3) is 0.714. The monoisotopic (exact) mass is 340 g/mol. The summed E-state index contributed by atoms with van der Waals surface area (Å²) in [6.07, 6.45) is 8.66. The minimum Gasteiger partial charge on any atom is -0.376 e. The third-order valence-electron chi connectivity index (χ3n) is 4.46. The molecular weight excluding hydrogens is 320 g/mol. The van der Waals surface area contributed by atoms with Gasteiger partial charge in [0.2, 0.25) is 0 Å². The zero-order valence-corrected chi connectivity index (χ0v) is 13.2. The van der Waals surface area contributed by atoms with E-state index >= 15 is 0 Å². The summed E-state index contributed by atoms with van der Waals surface area (Å²) in [5.41, 5.74) is 6.58. The number of rotatable bonds is 5. The molecule has 0 amide bonds. The van der Waals surface area contributed by atoms with Gasteiger partial charge >= 0.3 is 0 Å². The molecule has 5 nitrogen and oxygen atoms in total. The number of hydrogen-bond acceptors (Lipinski definition) is 4. The number of anilines is 1. The van der Waals surface area contributed by atoms with E-state index < -0.39 is 0 Å². The van der Waals surface area contributed by atoms with Crippen LogP contribution in [0, 0.1) is 5.92 Å². The standard InChI is InChI=1S/C14H21BrN4O/c15-12-11(18-14(9-16)5-1-2-6-14)7-17-19(13(12)20)8-10-3-4-10/h7,10,18H,1-6,8-9,16H2. The summed E-state index contributed by atoms with van der Waals surface area (Å²) in [5, 5.41) is 7.76. The van der Waals surface area contributed by atoms with Gasteiger partial charge in [-0.3, -0.25) is 4.79 Å². The van der Waals surface area contributed by atoms with E-state index in [4.69, 9.17) is 5.73 Å². The van der Waals surface area contributed by atoms with E-state index in [9.17, 15) is 4.79 Å². The number of nitrogens with two attached hydrogens (primary N) is 1. The average molecular weight is 341 g/mol. The Kier molecular flexibility index (Phi) is 3.86. The highest BCUT2D eigenvalue weighted by Crippen LogP contribution is 2.34. The second-order valence-electron chi connectivity index (χ2n) is 6.12. The van der Waals surface area contributed by atoms with Crippen LogP contribution in [0.3, 0.4) is 0 Å². The van der Waals surface area contributed by atoms with Gasteiger partial charge in [0.25, 0.3) is 5.56 Å². The first-order chi connectivity index (χ1) is 9.63. The molecule has 2 fully saturated rings. The van der Waals surface area contributed by atoms with Gasteiger partial charge in [-0.05, 0) is 47.5 Å². The van der Waals surface area contributed by atoms with Gasteiger partial charge in [-0.1, -0.05) is 12.8 Å². The van der Waals surface area contributed by atoms with Crippen LogP contribution in [0.1, 0.15) is 38.5 Å². The Morgan fingerprint density at radius 2 is 2.15 bits per heavy atom. The van der Waals surface area contributed by atoms with Crippen LogP contribution in [0.5, 0.6) is 0 Å². The van der Waals surface area contributed by atoms with Crippen LogP contribution < -0.4 is 16.6 Å². The van der Waals surface area contributed by atoms with Crippen LogP contribution in [-0.2, 0) is 6.54 Å². The maximum Gasteiger partial charge on any atom is 0.283 e. The number of nitrogens with one attached hydrogen (secondary N) is 1. The molecule has 0 saturated heterocycles. The lowest BCUT2D eigenvalue weighted by Gasteiger charge is -2.30. The van der Waals surface area contributed by atoms with Crippen LogP contribution >= 0.6 is 15.9 Å². The van der Waals surface area contributed by atoms with Crippen LogP contribution in [0.2, 0.25) is 0 Å². The van der Waals surface area contributed by atoms with Crippen LogP contribution in [0.25, 0.3) is 0 Å². The zero-order valence-electron chi connectivity index (χ0n) is 11.6. The van der Waals surface area contributed by atoms with Crippen molar-refractivity contribution in [2.24, 2.45) is 11.7 Å². The van der Waals surface area contributed by atoms with Crippen molar-refractivity contribution in [2.75, 3.05) is 11.9 Å². The summed E-state index contributed by atoms with van der Waals surface area (Å²) in [4.78, 5) is 12.3. The molecule has 1 heterocycles. The summed E-state index contributed by atoms with van der Waals surface area (Å²) in [6, 6.07) is 0. The topological polar surface area (TPSA) is 72.9 Å². The van der Waals surface area contributed by atoms with Gasteiger partial charge in [0, 0.05) is 18.6 Å². The molecular formula is C14H21BrN4O. The minimum absolute atomic E-state index is 0.0490. The Hall–Kier alpha value is -0.880. The van der Waals surface area contributed by atoms with Crippen molar-refractivity contribution in [1.82, 2.24) is 9.78 Å². The van der Waals surface area contributed by atoms with E-state index in [0.29, 0.717) is 16.9 Å². The van der Waals surface area contributed by atoms with Crippen molar-refractivity contribution in [3.05, 3.63) is 21.0 Å². The van der Waals surface area contributed by atoms with E-state index in [1.165, 1.54) is 25.7 Å². The molecule has 3 N–H and O–H groups in total. The second-order valence-corrected chi connectivity index (χ2v) is 6.91. The first-order valence-electron chi connectivity index (χ1n) is 7.37. The lowest BCUT2D eigenvalue weighted by Crippen LogP contribution is -2.43. The largest absolute Gasteiger partial charge is 0.376 e. The molecule has 0 spiro atoms. The van der Waals surface area contributed by atoms with Crippen molar-refractivity contribution in [1.29, 1.82) is 0 Å². The lowest BCUT2D eigenvalue weighted by atomic mass is 9.97. The molecule has 0 atom stereocenters. The molecule has 1 aromatic rings. The molecule has 0 bridgehead atoms. The zero-order chi connectivity index (χ0) is 14.2. The van der Waals surface area contributed by atoms with Gasteiger partial charge in [-0.15, -0.1) is 0 Å². The van der Waals surface area contributed by atoms with E-state index in [1.807, 2.05) is 0 Å². The van der Waals surface area contributed by atoms with Crippen molar-refractivity contribution in [3.63, 3.8) is 0 Å². The summed E-state index contributed by atoms with van der Waals surface area (Å²) in [5.74, 6) is 0.635. The third kappa shape index (κ3) is 2.76. The molecule has 0 aliphatic heterocycles. The first kappa shape index (κ1) is 14.1. The van der Waals surface area contributed by atoms with E-state index in [-0.39, 0.29) is 11.1 Å². The molecule has 3 rings (SSSR count). The van der Waals surface area contributed by atoms with Gasteiger partial charge in [-0.2, -0.15) is 5.10 Å². The Bertz CT molecular complexity index is 547. The quantitative estimate of drug-likeness (QED) is 0.860. The van der Waals surface area contributed by atoms with Crippen molar-refractivity contribution in [3.8, 4) is 0 Å². The highest BCUT2D eigenvalue weighted by atomic mass is 79.9. The molecule has 0 unspecified atom stereocenters. The van der Waals surface area contributed by atoms with Gasteiger partial charge in [0.1, 0.15) is 4.47 Å². The summed E-state index contributed by atoms with van der Waals surface area (Å²) < 4.78 is 2.14. The second kappa shape index (κ2) is 5.48. The normalized spacial score (nSPS) is 21.1. The Labute approximate surface area is 127 Å². The SMILES string of the molecule is NCC1(Nc2cnn(CC3CC3)c(=O)c2Br)CCCC1. The summed E-state index contributed by atoms with van der Waals surface area (Å²) in [7, 11) is 0.